The fraction of sp³-hybridized carbons (Fsp3) is 0.943. The summed E-state index contributed by atoms with van der Waals surface area (Å²) in [6.45, 7) is 6.68. The van der Waals surface area contributed by atoms with E-state index in [0.29, 0.717) is 19.3 Å². The number of hydrogen-bond acceptors (Lipinski definition) is 6. The van der Waals surface area contributed by atoms with Crippen LogP contribution in [0.5, 0.6) is 0 Å². The molecule has 59 heavy (non-hydrogen) atoms. The topological polar surface area (TPSA) is 78.9 Å². The van der Waals surface area contributed by atoms with Gasteiger partial charge in [-0.2, -0.15) is 0 Å². The Labute approximate surface area is 368 Å². The van der Waals surface area contributed by atoms with E-state index in [1.807, 2.05) is 0 Å². The van der Waals surface area contributed by atoms with Gasteiger partial charge in [0.15, 0.2) is 6.10 Å². The molecule has 0 aliphatic rings. The van der Waals surface area contributed by atoms with Crippen LogP contribution >= 0.6 is 0 Å². The Kier molecular flexibility index (Phi) is 47.7. The first kappa shape index (κ1) is 57.4. The summed E-state index contributed by atoms with van der Waals surface area (Å²) in [4.78, 5) is 37.9. The van der Waals surface area contributed by atoms with Crippen LogP contribution < -0.4 is 0 Å². The van der Waals surface area contributed by atoms with Gasteiger partial charge < -0.3 is 14.2 Å². The highest BCUT2D eigenvalue weighted by atomic mass is 16.6. The first-order valence-corrected chi connectivity index (χ1v) is 26.5. The van der Waals surface area contributed by atoms with Crippen LogP contribution in [0, 0.1) is 0 Å². The average Bonchev–Trinajstić information content (AvgIpc) is 3.23. The number of rotatable bonds is 49. The molecule has 1 atom stereocenters. The Bertz CT molecular complexity index is 874. The molecule has 0 aromatic carbocycles. The molecule has 0 rings (SSSR count). The maximum absolute atomic E-state index is 12.8. The molecule has 0 aliphatic heterocycles. The Morgan fingerprint density at radius 2 is 0.458 bits per heavy atom. The summed E-state index contributed by atoms with van der Waals surface area (Å²) in [5.41, 5.74) is 0. The van der Waals surface area contributed by atoms with Crippen LogP contribution in [0.4, 0.5) is 0 Å². The number of carbonyl (C=O) groups excluding carboxylic acids is 3. The van der Waals surface area contributed by atoms with Gasteiger partial charge in [-0.1, -0.05) is 265 Å². The summed E-state index contributed by atoms with van der Waals surface area (Å²) in [5.74, 6) is -0.841. The molecule has 0 aromatic heterocycles. The Morgan fingerprint density at radius 1 is 0.271 bits per heavy atom. The van der Waals surface area contributed by atoms with Gasteiger partial charge in [0.1, 0.15) is 13.2 Å². The summed E-state index contributed by atoms with van der Waals surface area (Å²) < 4.78 is 16.8. The second-order valence-corrected chi connectivity index (χ2v) is 18.2. The van der Waals surface area contributed by atoms with Gasteiger partial charge in [0.05, 0.1) is 0 Å². The van der Waals surface area contributed by atoms with E-state index in [9.17, 15) is 14.4 Å². The van der Waals surface area contributed by atoms with E-state index in [2.05, 4.69) is 20.8 Å². The van der Waals surface area contributed by atoms with Crippen molar-refractivity contribution in [3.05, 3.63) is 0 Å². The van der Waals surface area contributed by atoms with Gasteiger partial charge in [-0.3, -0.25) is 14.4 Å². The van der Waals surface area contributed by atoms with Crippen LogP contribution in [-0.2, 0) is 28.6 Å². The molecule has 0 heterocycles. The van der Waals surface area contributed by atoms with Crippen molar-refractivity contribution in [1.82, 2.24) is 0 Å². The molecule has 350 valence electrons. The first-order valence-electron chi connectivity index (χ1n) is 26.5. The van der Waals surface area contributed by atoms with Crippen molar-refractivity contribution < 1.29 is 28.6 Å². The van der Waals surface area contributed by atoms with E-state index in [0.717, 1.165) is 57.8 Å². The number of ether oxygens (including phenoxy) is 3. The maximum atomic E-state index is 12.8. The molecule has 6 nitrogen and oxygen atoms in total. The zero-order chi connectivity index (χ0) is 43.0. The Morgan fingerprint density at radius 3 is 0.678 bits per heavy atom. The predicted octanol–water partition coefficient (Wildman–Crippen LogP) is 17.2. The molecule has 0 radical (unpaired) electrons. The number of esters is 3. The smallest absolute Gasteiger partial charge is 0.306 e. The van der Waals surface area contributed by atoms with E-state index < -0.39 is 6.10 Å². The zero-order valence-corrected chi connectivity index (χ0v) is 40.1. The van der Waals surface area contributed by atoms with Gasteiger partial charge in [-0.25, -0.2) is 0 Å². The van der Waals surface area contributed by atoms with Crippen molar-refractivity contribution in [2.45, 2.75) is 309 Å². The van der Waals surface area contributed by atoms with Crippen LogP contribution in [0.1, 0.15) is 303 Å². The van der Waals surface area contributed by atoms with Gasteiger partial charge in [0.2, 0.25) is 0 Å². The summed E-state index contributed by atoms with van der Waals surface area (Å²) >= 11 is 0. The van der Waals surface area contributed by atoms with Crippen molar-refractivity contribution in [3.8, 4) is 0 Å². The minimum Gasteiger partial charge on any atom is -0.462 e. The fourth-order valence-corrected chi connectivity index (χ4v) is 8.09. The van der Waals surface area contributed by atoms with Crippen molar-refractivity contribution in [3.63, 3.8) is 0 Å². The number of carbonyl (C=O) groups is 3. The average molecular weight is 835 g/mol. The highest BCUT2D eigenvalue weighted by Gasteiger charge is 2.19. The molecule has 0 fully saturated rings. The third-order valence-corrected chi connectivity index (χ3v) is 12.1. The second kappa shape index (κ2) is 49.1. The van der Waals surface area contributed by atoms with Crippen LogP contribution in [0.3, 0.4) is 0 Å². The van der Waals surface area contributed by atoms with Crippen molar-refractivity contribution in [2.24, 2.45) is 0 Å². The Balaban J connectivity index is 4.24. The van der Waals surface area contributed by atoms with Crippen molar-refractivity contribution >= 4 is 17.9 Å². The van der Waals surface area contributed by atoms with Gasteiger partial charge in [0, 0.05) is 19.3 Å². The highest BCUT2D eigenvalue weighted by molar-refractivity contribution is 5.71. The molecular formula is C53H102O6. The van der Waals surface area contributed by atoms with E-state index in [4.69, 9.17) is 14.2 Å². The third-order valence-electron chi connectivity index (χ3n) is 12.1. The van der Waals surface area contributed by atoms with Crippen LogP contribution in [0.15, 0.2) is 0 Å². The van der Waals surface area contributed by atoms with Crippen LogP contribution in [0.25, 0.3) is 0 Å². The summed E-state index contributed by atoms with van der Waals surface area (Å²) in [5, 5.41) is 0. The van der Waals surface area contributed by atoms with Gasteiger partial charge in [-0.05, 0) is 19.3 Å². The number of unbranched alkanes of at least 4 members (excludes halogenated alkanes) is 38. The molecule has 0 N–H and O–H groups in total. The van der Waals surface area contributed by atoms with Crippen molar-refractivity contribution in [1.29, 1.82) is 0 Å². The van der Waals surface area contributed by atoms with E-state index in [1.54, 1.807) is 0 Å². The first-order chi connectivity index (χ1) is 29.0. The molecule has 0 aromatic rings. The summed E-state index contributed by atoms with van der Waals surface area (Å²) in [7, 11) is 0. The maximum Gasteiger partial charge on any atom is 0.306 e. The molecule has 0 saturated carbocycles. The van der Waals surface area contributed by atoms with Gasteiger partial charge in [0.25, 0.3) is 0 Å². The molecule has 0 unspecified atom stereocenters. The lowest BCUT2D eigenvalue weighted by Gasteiger charge is -2.18. The minimum absolute atomic E-state index is 0.0617. The monoisotopic (exact) mass is 835 g/mol. The fourth-order valence-electron chi connectivity index (χ4n) is 8.09. The predicted molar refractivity (Wildman–Crippen MR) is 252 cm³/mol. The summed E-state index contributed by atoms with van der Waals surface area (Å²) in [6, 6.07) is 0. The van der Waals surface area contributed by atoms with Gasteiger partial charge in [-0.15, -0.1) is 0 Å². The molecule has 0 bridgehead atoms. The molecule has 0 saturated heterocycles. The molecule has 0 spiro atoms. The third kappa shape index (κ3) is 47.3. The zero-order valence-electron chi connectivity index (χ0n) is 40.1. The van der Waals surface area contributed by atoms with Gasteiger partial charge >= 0.3 is 17.9 Å². The standard InChI is InChI=1S/C53H102O6/c1-4-7-10-13-16-19-22-24-25-26-27-28-29-32-34-37-40-43-46-52(55)58-49-50(48-57-51(54)45-42-39-36-33-30-21-18-15-12-9-6-3)59-53(56)47-44-41-38-35-31-23-20-17-14-11-8-5-2/h50H,4-49H2,1-3H3/t50-/m0/s1. The van der Waals surface area contributed by atoms with E-state index in [-0.39, 0.29) is 31.1 Å². The van der Waals surface area contributed by atoms with Crippen LogP contribution in [-0.4, -0.2) is 37.2 Å². The normalized spacial score (nSPS) is 11.8. The lowest BCUT2D eigenvalue weighted by atomic mass is 10.0. The van der Waals surface area contributed by atoms with Crippen LogP contribution in [0.2, 0.25) is 0 Å². The Hall–Kier alpha value is -1.59. The lowest BCUT2D eigenvalue weighted by molar-refractivity contribution is -0.167. The van der Waals surface area contributed by atoms with Crippen molar-refractivity contribution in [2.75, 3.05) is 13.2 Å². The molecule has 6 heteroatoms. The van der Waals surface area contributed by atoms with E-state index >= 15 is 0 Å². The quantitative estimate of drug-likeness (QED) is 0.0345. The summed E-state index contributed by atoms with van der Waals surface area (Å²) in [6.07, 6.45) is 52.3. The molecular weight excluding hydrogens is 733 g/mol. The van der Waals surface area contributed by atoms with E-state index in [1.165, 1.54) is 205 Å². The lowest BCUT2D eigenvalue weighted by Crippen LogP contribution is -2.30. The molecule has 0 aliphatic carbocycles. The largest absolute Gasteiger partial charge is 0.462 e. The molecule has 0 amide bonds. The SMILES string of the molecule is CCCCCCCCCCCCCCCCCCCCC(=O)OC[C@H](COC(=O)CCCCCCCCCCCCC)OC(=O)CCCCCCCCCCCCCC. The highest BCUT2D eigenvalue weighted by Crippen LogP contribution is 2.17. The number of hydrogen-bond donors (Lipinski definition) is 0. The minimum atomic E-state index is -0.759. The second-order valence-electron chi connectivity index (χ2n) is 18.2.